The van der Waals surface area contributed by atoms with Crippen LogP contribution >= 0.6 is 15.9 Å². The molecule has 0 aromatic carbocycles. The van der Waals surface area contributed by atoms with Gasteiger partial charge in [0, 0.05) is 23.8 Å². The van der Waals surface area contributed by atoms with Crippen LogP contribution in [0.3, 0.4) is 0 Å². The average molecular weight is 300 g/mol. The molecule has 0 saturated heterocycles. The molecule has 0 aliphatic heterocycles. The number of pyridine rings is 1. The second-order valence-corrected chi connectivity index (χ2v) is 4.74. The molecule has 0 spiro atoms. The molecule has 1 amide bonds. The van der Waals surface area contributed by atoms with Crippen LogP contribution in [0, 0.1) is 0 Å². The van der Waals surface area contributed by atoms with E-state index < -0.39 is 0 Å². The Bertz CT molecular complexity index is 395. The van der Waals surface area contributed by atoms with Crippen molar-refractivity contribution in [2.75, 3.05) is 18.8 Å². The molecular weight excluding hydrogens is 282 g/mol. The van der Waals surface area contributed by atoms with E-state index in [1.54, 1.807) is 17.2 Å². The Morgan fingerprint density at radius 3 is 2.82 bits per heavy atom. The smallest absolute Gasteiger partial charge is 0.257 e. The number of nitrogens with zero attached hydrogens (tertiary/aromatic N) is 2. The van der Waals surface area contributed by atoms with Gasteiger partial charge < -0.3 is 10.6 Å². The molecule has 17 heavy (non-hydrogen) atoms. The highest BCUT2D eigenvalue weighted by Crippen LogP contribution is 2.17. The summed E-state index contributed by atoms with van der Waals surface area (Å²) < 4.78 is 0.765. The third kappa shape index (κ3) is 3.70. The first-order valence-corrected chi connectivity index (χ1v) is 6.59. The molecule has 0 aliphatic rings. The quantitative estimate of drug-likeness (QED) is 0.909. The van der Waals surface area contributed by atoms with E-state index in [1.165, 1.54) is 0 Å². The zero-order valence-electron chi connectivity index (χ0n) is 10.2. The molecule has 1 heterocycles. The first-order valence-electron chi connectivity index (χ1n) is 5.80. The lowest BCUT2D eigenvalue weighted by molar-refractivity contribution is 0.0763. The van der Waals surface area contributed by atoms with E-state index in [1.807, 2.05) is 6.92 Å². The number of carbonyl (C=O) groups is 1. The van der Waals surface area contributed by atoms with Crippen molar-refractivity contribution in [2.24, 2.45) is 0 Å². The van der Waals surface area contributed by atoms with Crippen LogP contribution in [-0.4, -0.2) is 28.9 Å². The highest BCUT2D eigenvalue weighted by atomic mass is 79.9. The van der Waals surface area contributed by atoms with Crippen LogP contribution in [0.1, 0.15) is 37.0 Å². The van der Waals surface area contributed by atoms with Gasteiger partial charge in [-0.25, -0.2) is 4.98 Å². The molecule has 0 radical (unpaired) electrons. The average Bonchev–Trinajstić information content (AvgIpc) is 2.33. The first-order chi connectivity index (χ1) is 8.10. The van der Waals surface area contributed by atoms with Gasteiger partial charge in [0.15, 0.2) is 0 Å². The fourth-order valence-electron chi connectivity index (χ4n) is 1.54. The topological polar surface area (TPSA) is 59.2 Å². The van der Waals surface area contributed by atoms with E-state index >= 15 is 0 Å². The summed E-state index contributed by atoms with van der Waals surface area (Å²) in [5, 5.41) is 0. The second kappa shape index (κ2) is 6.59. The number of hydrogen-bond acceptors (Lipinski definition) is 3. The number of hydrogen-bond donors (Lipinski definition) is 1. The molecule has 1 aromatic heterocycles. The van der Waals surface area contributed by atoms with Gasteiger partial charge in [-0.1, -0.05) is 13.3 Å². The summed E-state index contributed by atoms with van der Waals surface area (Å²) in [7, 11) is 0. The third-order valence-electron chi connectivity index (χ3n) is 2.57. The second-order valence-electron chi connectivity index (χ2n) is 3.82. The predicted octanol–water partition coefficient (Wildman–Crippen LogP) is 2.69. The summed E-state index contributed by atoms with van der Waals surface area (Å²) in [6.07, 6.45) is 3.66. The Morgan fingerprint density at radius 2 is 2.24 bits per heavy atom. The monoisotopic (exact) mass is 299 g/mol. The van der Waals surface area contributed by atoms with Crippen LogP contribution in [0.4, 0.5) is 5.82 Å². The Morgan fingerprint density at radius 1 is 1.53 bits per heavy atom. The lowest BCUT2D eigenvalue weighted by Gasteiger charge is -2.21. The number of rotatable bonds is 5. The lowest BCUT2D eigenvalue weighted by Crippen LogP contribution is -2.32. The Kier molecular flexibility index (Phi) is 5.41. The van der Waals surface area contributed by atoms with Crippen LogP contribution in [-0.2, 0) is 0 Å². The number of nitrogens with two attached hydrogens (primary N) is 1. The van der Waals surface area contributed by atoms with Crippen molar-refractivity contribution in [3.8, 4) is 0 Å². The van der Waals surface area contributed by atoms with Gasteiger partial charge >= 0.3 is 0 Å². The van der Waals surface area contributed by atoms with E-state index in [9.17, 15) is 4.79 Å². The molecule has 4 nitrogen and oxygen atoms in total. The van der Waals surface area contributed by atoms with Crippen molar-refractivity contribution in [3.63, 3.8) is 0 Å². The zero-order valence-corrected chi connectivity index (χ0v) is 11.8. The van der Waals surface area contributed by atoms with Gasteiger partial charge in [-0.05, 0) is 35.3 Å². The standard InChI is InChI=1S/C12H18BrN3O/c1-3-5-6-16(4-2)12(17)10-7-9(13)8-15-11(10)14/h7-8H,3-6H2,1-2H3,(H2,14,15). The van der Waals surface area contributed by atoms with E-state index in [2.05, 4.69) is 27.8 Å². The lowest BCUT2D eigenvalue weighted by atomic mass is 10.2. The summed E-state index contributed by atoms with van der Waals surface area (Å²) in [6.45, 7) is 5.52. The van der Waals surface area contributed by atoms with Crippen LogP contribution in [0.25, 0.3) is 0 Å². The van der Waals surface area contributed by atoms with Crippen molar-refractivity contribution < 1.29 is 4.79 Å². The van der Waals surface area contributed by atoms with Gasteiger partial charge in [0.25, 0.3) is 5.91 Å². The van der Waals surface area contributed by atoms with Crippen molar-refractivity contribution in [2.45, 2.75) is 26.7 Å². The Labute approximate surface area is 110 Å². The normalized spacial score (nSPS) is 10.3. The zero-order chi connectivity index (χ0) is 12.8. The molecule has 0 saturated carbocycles. The van der Waals surface area contributed by atoms with Gasteiger partial charge in [0.05, 0.1) is 5.56 Å². The first kappa shape index (κ1) is 14.0. The summed E-state index contributed by atoms with van der Waals surface area (Å²) in [6, 6.07) is 1.72. The van der Waals surface area contributed by atoms with Gasteiger partial charge in [0.1, 0.15) is 5.82 Å². The maximum Gasteiger partial charge on any atom is 0.257 e. The molecular formula is C12H18BrN3O. The van der Waals surface area contributed by atoms with Crippen LogP contribution in [0.2, 0.25) is 0 Å². The fourth-order valence-corrected chi connectivity index (χ4v) is 1.88. The molecule has 1 rings (SSSR count). The van der Waals surface area contributed by atoms with Gasteiger partial charge in [0.2, 0.25) is 0 Å². The Balaban J connectivity index is 2.89. The predicted molar refractivity (Wildman–Crippen MR) is 72.8 cm³/mol. The molecule has 94 valence electrons. The molecule has 0 fully saturated rings. The number of amides is 1. The molecule has 0 aliphatic carbocycles. The van der Waals surface area contributed by atoms with E-state index in [0.29, 0.717) is 12.1 Å². The van der Waals surface area contributed by atoms with E-state index in [4.69, 9.17) is 5.73 Å². The van der Waals surface area contributed by atoms with E-state index in [0.717, 1.165) is 23.9 Å². The summed E-state index contributed by atoms with van der Waals surface area (Å²) in [5.41, 5.74) is 6.20. The van der Waals surface area contributed by atoms with E-state index in [-0.39, 0.29) is 11.7 Å². The van der Waals surface area contributed by atoms with Gasteiger partial charge in [-0.3, -0.25) is 4.79 Å². The maximum absolute atomic E-state index is 12.2. The van der Waals surface area contributed by atoms with Crippen LogP contribution in [0.5, 0.6) is 0 Å². The molecule has 1 aromatic rings. The summed E-state index contributed by atoms with van der Waals surface area (Å²) in [4.78, 5) is 18.0. The molecule has 0 unspecified atom stereocenters. The van der Waals surface area contributed by atoms with Crippen molar-refractivity contribution in [1.82, 2.24) is 9.88 Å². The van der Waals surface area contributed by atoms with Crippen molar-refractivity contribution in [1.29, 1.82) is 0 Å². The largest absolute Gasteiger partial charge is 0.383 e. The summed E-state index contributed by atoms with van der Waals surface area (Å²) in [5.74, 6) is 0.236. The van der Waals surface area contributed by atoms with Crippen LogP contribution < -0.4 is 5.73 Å². The minimum atomic E-state index is -0.0488. The highest BCUT2D eigenvalue weighted by molar-refractivity contribution is 9.10. The minimum Gasteiger partial charge on any atom is -0.383 e. The van der Waals surface area contributed by atoms with Crippen molar-refractivity contribution in [3.05, 3.63) is 22.3 Å². The maximum atomic E-state index is 12.2. The molecule has 0 bridgehead atoms. The number of unbranched alkanes of at least 4 members (excludes halogenated alkanes) is 1. The minimum absolute atomic E-state index is 0.0488. The number of carbonyl (C=O) groups excluding carboxylic acids is 1. The van der Waals surface area contributed by atoms with Crippen LogP contribution in [0.15, 0.2) is 16.7 Å². The highest BCUT2D eigenvalue weighted by Gasteiger charge is 2.17. The SMILES string of the molecule is CCCCN(CC)C(=O)c1cc(Br)cnc1N. The summed E-state index contributed by atoms with van der Waals surface area (Å²) >= 11 is 3.30. The molecule has 5 heteroatoms. The van der Waals surface area contributed by atoms with Crippen molar-refractivity contribution >= 4 is 27.7 Å². The number of aromatic nitrogens is 1. The number of halogens is 1. The third-order valence-corrected chi connectivity index (χ3v) is 3.00. The molecule has 0 atom stereocenters. The van der Waals surface area contributed by atoms with Gasteiger partial charge in [-0.2, -0.15) is 0 Å². The number of nitrogen functional groups attached to an aromatic ring is 1. The Hall–Kier alpha value is -1.10. The van der Waals surface area contributed by atoms with Gasteiger partial charge in [-0.15, -0.1) is 0 Å². The molecule has 2 N–H and O–H groups in total. The fraction of sp³-hybridized carbons (Fsp3) is 0.500. The number of anilines is 1.